The summed E-state index contributed by atoms with van der Waals surface area (Å²) >= 11 is 0. The second kappa shape index (κ2) is 8.08. The van der Waals surface area contributed by atoms with Gasteiger partial charge in [0.25, 0.3) is 5.91 Å². The number of nitrogens with zero attached hydrogens (tertiary/aromatic N) is 2. The van der Waals surface area contributed by atoms with Crippen molar-refractivity contribution in [2.75, 3.05) is 13.3 Å². The van der Waals surface area contributed by atoms with Gasteiger partial charge in [-0.2, -0.15) is 0 Å². The largest absolute Gasteiger partial charge is 0.454 e. The zero-order chi connectivity index (χ0) is 19.3. The fourth-order valence-electron chi connectivity index (χ4n) is 3.11. The van der Waals surface area contributed by atoms with Crippen LogP contribution >= 0.6 is 0 Å². The lowest BCUT2D eigenvalue weighted by Gasteiger charge is -2.23. The number of carbonyl (C=O) groups excluding carboxylic acids is 1. The Kier molecular flexibility index (Phi) is 5.19. The van der Waals surface area contributed by atoms with Gasteiger partial charge < -0.3 is 14.4 Å². The van der Waals surface area contributed by atoms with E-state index in [0.29, 0.717) is 31.0 Å². The van der Waals surface area contributed by atoms with Crippen LogP contribution < -0.4 is 9.47 Å². The fourth-order valence-corrected chi connectivity index (χ4v) is 3.11. The van der Waals surface area contributed by atoms with Crippen molar-refractivity contribution in [3.63, 3.8) is 0 Å². The quantitative estimate of drug-likeness (QED) is 0.654. The first-order valence-corrected chi connectivity index (χ1v) is 9.03. The van der Waals surface area contributed by atoms with Gasteiger partial charge in [0.15, 0.2) is 11.5 Å². The molecule has 0 fully saturated rings. The summed E-state index contributed by atoms with van der Waals surface area (Å²) in [6.07, 6.45) is 2.29. The molecule has 3 aromatic rings. The first-order chi connectivity index (χ1) is 13.7. The molecule has 0 saturated heterocycles. The highest BCUT2D eigenvalue weighted by molar-refractivity contribution is 5.94. The standard InChI is InChI=1S/C22H19FN2O3/c23-19-7-2-1-6-18(19)22(26)25(12-10-17-5-3-4-11-24-17)14-16-8-9-20-21(13-16)28-15-27-20/h1-9,11,13H,10,12,14-15H2. The predicted octanol–water partition coefficient (Wildman–Crippen LogP) is 3.83. The normalized spacial score (nSPS) is 12.0. The van der Waals surface area contributed by atoms with Gasteiger partial charge in [-0.05, 0) is 42.0 Å². The lowest BCUT2D eigenvalue weighted by Crippen LogP contribution is -2.33. The number of ether oxygens (including phenoxy) is 2. The molecular formula is C22H19FN2O3. The summed E-state index contributed by atoms with van der Waals surface area (Å²) in [6, 6.07) is 17.3. The van der Waals surface area contributed by atoms with Gasteiger partial charge in [-0.25, -0.2) is 4.39 Å². The molecule has 2 aromatic carbocycles. The van der Waals surface area contributed by atoms with Crippen molar-refractivity contribution >= 4 is 5.91 Å². The van der Waals surface area contributed by atoms with Crippen molar-refractivity contribution in [2.45, 2.75) is 13.0 Å². The van der Waals surface area contributed by atoms with Gasteiger partial charge in [-0.3, -0.25) is 9.78 Å². The molecule has 28 heavy (non-hydrogen) atoms. The summed E-state index contributed by atoms with van der Waals surface area (Å²) in [5, 5.41) is 0. The lowest BCUT2D eigenvalue weighted by molar-refractivity contribution is 0.0740. The number of fused-ring (bicyclic) bond motifs is 1. The van der Waals surface area contributed by atoms with E-state index >= 15 is 0 Å². The van der Waals surface area contributed by atoms with Gasteiger partial charge in [0, 0.05) is 31.4 Å². The summed E-state index contributed by atoms with van der Waals surface area (Å²) in [5.74, 6) is 0.456. The monoisotopic (exact) mass is 378 g/mol. The molecule has 0 bridgehead atoms. The number of carbonyl (C=O) groups is 1. The van der Waals surface area contributed by atoms with Crippen molar-refractivity contribution in [1.29, 1.82) is 0 Å². The van der Waals surface area contributed by atoms with Gasteiger partial charge in [0.05, 0.1) is 5.56 Å². The number of halogens is 1. The average Bonchev–Trinajstić information content (AvgIpc) is 3.19. The maximum atomic E-state index is 14.2. The van der Waals surface area contributed by atoms with Crippen LogP contribution in [0, 0.1) is 5.82 Å². The summed E-state index contributed by atoms with van der Waals surface area (Å²) in [4.78, 5) is 19.0. The third kappa shape index (κ3) is 3.96. The van der Waals surface area contributed by atoms with E-state index in [0.717, 1.165) is 11.3 Å². The van der Waals surface area contributed by atoms with Crippen molar-refractivity contribution < 1.29 is 18.7 Å². The van der Waals surface area contributed by atoms with E-state index < -0.39 is 5.82 Å². The molecule has 1 aliphatic rings. The Morgan fingerprint density at radius 1 is 1.04 bits per heavy atom. The van der Waals surface area contributed by atoms with Crippen LogP contribution in [0.5, 0.6) is 11.5 Å². The van der Waals surface area contributed by atoms with E-state index in [2.05, 4.69) is 4.98 Å². The molecule has 1 amide bonds. The molecule has 0 unspecified atom stereocenters. The molecule has 0 atom stereocenters. The van der Waals surface area contributed by atoms with Crippen molar-refractivity contribution in [3.8, 4) is 11.5 Å². The summed E-state index contributed by atoms with van der Waals surface area (Å²) in [7, 11) is 0. The minimum atomic E-state index is -0.527. The molecule has 6 heteroatoms. The van der Waals surface area contributed by atoms with E-state index in [-0.39, 0.29) is 18.3 Å². The first kappa shape index (κ1) is 18.0. The minimum Gasteiger partial charge on any atom is -0.454 e. The van der Waals surface area contributed by atoms with E-state index in [9.17, 15) is 9.18 Å². The molecule has 0 N–H and O–H groups in total. The lowest BCUT2D eigenvalue weighted by atomic mass is 10.1. The zero-order valence-electron chi connectivity index (χ0n) is 15.2. The number of benzene rings is 2. The van der Waals surface area contributed by atoms with Crippen molar-refractivity contribution in [1.82, 2.24) is 9.88 Å². The second-order valence-electron chi connectivity index (χ2n) is 6.47. The summed E-state index contributed by atoms with van der Waals surface area (Å²) in [5.41, 5.74) is 1.82. The number of amides is 1. The first-order valence-electron chi connectivity index (χ1n) is 9.03. The average molecular weight is 378 g/mol. The molecular weight excluding hydrogens is 359 g/mol. The van der Waals surface area contributed by atoms with Crippen LogP contribution in [0.15, 0.2) is 66.9 Å². The Hall–Kier alpha value is -3.41. The molecule has 1 aromatic heterocycles. The summed E-state index contributed by atoms with van der Waals surface area (Å²) < 4.78 is 24.9. The second-order valence-corrected chi connectivity index (χ2v) is 6.47. The Morgan fingerprint density at radius 2 is 1.86 bits per heavy atom. The molecule has 0 saturated carbocycles. The molecule has 2 heterocycles. The van der Waals surface area contributed by atoms with Crippen LogP contribution in [0.1, 0.15) is 21.6 Å². The topological polar surface area (TPSA) is 51.7 Å². The number of pyridine rings is 1. The zero-order valence-corrected chi connectivity index (χ0v) is 15.2. The van der Waals surface area contributed by atoms with Crippen LogP contribution in [0.3, 0.4) is 0 Å². The smallest absolute Gasteiger partial charge is 0.257 e. The predicted molar refractivity (Wildman–Crippen MR) is 102 cm³/mol. The Labute approximate surface area is 162 Å². The maximum absolute atomic E-state index is 14.2. The molecule has 1 aliphatic heterocycles. The molecule has 5 nitrogen and oxygen atoms in total. The van der Waals surface area contributed by atoms with E-state index in [4.69, 9.17) is 9.47 Å². The maximum Gasteiger partial charge on any atom is 0.257 e. The van der Waals surface area contributed by atoms with Gasteiger partial charge in [0.2, 0.25) is 6.79 Å². The fraction of sp³-hybridized carbons (Fsp3) is 0.182. The van der Waals surface area contributed by atoms with Gasteiger partial charge in [0.1, 0.15) is 5.82 Å². The number of hydrogen-bond acceptors (Lipinski definition) is 4. The highest BCUT2D eigenvalue weighted by atomic mass is 19.1. The van der Waals surface area contributed by atoms with E-state index in [1.54, 1.807) is 23.2 Å². The minimum absolute atomic E-state index is 0.0595. The van der Waals surface area contributed by atoms with Crippen molar-refractivity contribution in [2.24, 2.45) is 0 Å². The van der Waals surface area contributed by atoms with Crippen LogP contribution in [0.25, 0.3) is 0 Å². The number of aromatic nitrogens is 1. The third-order valence-electron chi connectivity index (χ3n) is 4.57. The molecule has 4 rings (SSSR count). The van der Waals surface area contributed by atoms with Crippen LogP contribution in [0.2, 0.25) is 0 Å². The Balaban J connectivity index is 1.57. The van der Waals surface area contributed by atoms with Gasteiger partial charge in [-0.1, -0.05) is 24.3 Å². The van der Waals surface area contributed by atoms with Crippen LogP contribution in [-0.4, -0.2) is 29.1 Å². The molecule has 0 spiro atoms. The number of hydrogen-bond donors (Lipinski definition) is 0. The molecule has 0 aliphatic carbocycles. The van der Waals surface area contributed by atoms with Crippen molar-refractivity contribution in [3.05, 3.63) is 89.5 Å². The highest BCUT2D eigenvalue weighted by Gasteiger charge is 2.21. The van der Waals surface area contributed by atoms with Gasteiger partial charge in [-0.15, -0.1) is 0 Å². The molecule has 0 radical (unpaired) electrons. The van der Waals surface area contributed by atoms with E-state index in [1.165, 1.54) is 12.1 Å². The Morgan fingerprint density at radius 3 is 2.68 bits per heavy atom. The van der Waals surface area contributed by atoms with Crippen LogP contribution in [-0.2, 0) is 13.0 Å². The SMILES string of the molecule is O=C(c1ccccc1F)N(CCc1ccccn1)Cc1ccc2c(c1)OCO2. The summed E-state index contributed by atoms with van der Waals surface area (Å²) in [6.45, 7) is 0.936. The van der Waals surface area contributed by atoms with E-state index in [1.807, 2.05) is 36.4 Å². The third-order valence-corrected chi connectivity index (χ3v) is 4.57. The highest BCUT2D eigenvalue weighted by Crippen LogP contribution is 2.33. The number of rotatable bonds is 6. The molecule has 142 valence electrons. The Bertz CT molecular complexity index is 979. The van der Waals surface area contributed by atoms with Crippen LogP contribution in [0.4, 0.5) is 4.39 Å². The van der Waals surface area contributed by atoms with Gasteiger partial charge >= 0.3 is 0 Å².